The molecule has 3 nitrogen and oxygen atoms in total. The molecule has 1 aliphatic heterocycles. The Kier molecular flexibility index (Phi) is 4.21. The number of benzene rings is 1. The number of hydrogen-bond donors (Lipinski definition) is 2. The number of rotatable bonds is 3. The van der Waals surface area contributed by atoms with Gasteiger partial charge in [0.2, 0.25) is 0 Å². The number of ether oxygens (including phenoxy) is 1. The summed E-state index contributed by atoms with van der Waals surface area (Å²) in [7, 11) is 0. The monoisotopic (exact) mass is 260 g/mol. The molecule has 1 saturated heterocycles. The first kappa shape index (κ1) is 13.3. The zero-order valence-corrected chi connectivity index (χ0v) is 9.76. The fraction of sp³-hybridized carbons (Fsp3) is 0.500. The number of halogens is 3. The molecule has 6 heteroatoms. The Balaban J connectivity index is 2.26. The van der Waals surface area contributed by atoms with E-state index in [9.17, 15) is 13.2 Å². The maximum Gasteiger partial charge on any atom is 0.194 e. The van der Waals surface area contributed by atoms with Crippen LogP contribution in [-0.4, -0.2) is 13.2 Å². The fourth-order valence-corrected chi connectivity index (χ4v) is 2.31. The molecule has 1 aliphatic rings. The molecule has 0 radical (unpaired) electrons. The molecule has 0 spiro atoms. The van der Waals surface area contributed by atoms with Gasteiger partial charge in [-0.05, 0) is 36.5 Å². The van der Waals surface area contributed by atoms with E-state index in [-0.39, 0.29) is 5.92 Å². The van der Waals surface area contributed by atoms with Crippen LogP contribution in [0.25, 0.3) is 0 Å². The molecule has 1 fully saturated rings. The van der Waals surface area contributed by atoms with Crippen LogP contribution in [0, 0.1) is 23.4 Å². The lowest BCUT2D eigenvalue weighted by molar-refractivity contribution is 0.0535. The number of nitrogens with two attached hydrogens (primary N) is 1. The number of nitrogens with one attached hydrogen (secondary N) is 1. The second-order valence-corrected chi connectivity index (χ2v) is 4.39. The van der Waals surface area contributed by atoms with E-state index < -0.39 is 23.5 Å². The maximum absolute atomic E-state index is 13.2. The summed E-state index contributed by atoms with van der Waals surface area (Å²) in [6, 6.07) is 1.56. The van der Waals surface area contributed by atoms with E-state index in [1.54, 1.807) is 0 Å². The third-order valence-corrected chi connectivity index (χ3v) is 3.28. The van der Waals surface area contributed by atoms with E-state index in [2.05, 4.69) is 5.43 Å². The number of hydrogen-bond acceptors (Lipinski definition) is 3. The minimum Gasteiger partial charge on any atom is -0.381 e. The summed E-state index contributed by atoms with van der Waals surface area (Å²) in [4.78, 5) is 0. The van der Waals surface area contributed by atoms with Gasteiger partial charge in [0.15, 0.2) is 17.5 Å². The summed E-state index contributed by atoms with van der Waals surface area (Å²) in [5, 5.41) is 0. The van der Waals surface area contributed by atoms with Gasteiger partial charge in [-0.25, -0.2) is 13.2 Å². The van der Waals surface area contributed by atoms with E-state index in [1.165, 1.54) is 0 Å². The molecule has 18 heavy (non-hydrogen) atoms. The molecular weight excluding hydrogens is 245 g/mol. The van der Waals surface area contributed by atoms with Gasteiger partial charge in [0.25, 0.3) is 0 Å². The summed E-state index contributed by atoms with van der Waals surface area (Å²) < 4.78 is 44.5. The lowest BCUT2D eigenvalue weighted by Crippen LogP contribution is -2.36. The van der Waals surface area contributed by atoms with Crippen molar-refractivity contribution in [2.45, 2.75) is 18.9 Å². The van der Waals surface area contributed by atoms with Gasteiger partial charge in [0.05, 0.1) is 0 Å². The van der Waals surface area contributed by atoms with Crippen LogP contribution in [0.5, 0.6) is 0 Å². The van der Waals surface area contributed by atoms with Crippen LogP contribution in [-0.2, 0) is 4.74 Å². The van der Waals surface area contributed by atoms with Crippen LogP contribution >= 0.6 is 0 Å². The summed E-state index contributed by atoms with van der Waals surface area (Å²) in [6.07, 6.45) is 1.49. The first-order valence-electron chi connectivity index (χ1n) is 5.81. The minimum absolute atomic E-state index is 0.119. The highest BCUT2D eigenvalue weighted by molar-refractivity contribution is 5.23. The molecule has 0 bridgehead atoms. The second-order valence-electron chi connectivity index (χ2n) is 4.39. The van der Waals surface area contributed by atoms with Gasteiger partial charge in [-0.3, -0.25) is 11.3 Å². The van der Waals surface area contributed by atoms with Crippen LogP contribution in [0.1, 0.15) is 24.4 Å². The Morgan fingerprint density at radius 2 is 1.72 bits per heavy atom. The average molecular weight is 260 g/mol. The van der Waals surface area contributed by atoms with Gasteiger partial charge in [-0.2, -0.15) is 0 Å². The predicted octanol–water partition coefficient (Wildman–Crippen LogP) is 2.03. The molecule has 1 heterocycles. The van der Waals surface area contributed by atoms with Crippen molar-refractivity contribution in [1.29, 1.82) is 0 Å². The molecule has 0 aromatic heterocycles. The zero-order chi connectivity index (χ0) is 13.1. The Morgan fingerprint density at radius 1 is 1.17 bits per heavy atom. The molecule has 2 rings (SSSR count). The standard InChI is InChI=1S/C12H15F3N2O/c13-9-5-8(6-10(14)11(9)15)12(17-16)7-1-3-18-4-2-7/h5-7,12,17H,1-4,16H2. The molecule has 100 valence electrons. The van der Waals surface area contributed by atoms with E-state index >= 15 is 0 Å². The van der Waals surface area contributed by atoms with E-state index in [0.717, 1.165) is 25.0 Å². The van der Waals surface area contributed by atoms with Crippen LogP contribution in [0.2, 0.25) is 0 Å². The van der Waals surface area contributed by atoms with Crippen LogP contribution in [0.15, 0.2) is 12.1 Å². The lowest BCUT2D eigenvalue weighted by Gasteiger charge is -2.30. The summed E-state index contributed by atoms with van der Waals surface area (Å²) in [5.74, 6) is 1.71. The van der Waals surface area contributed by atoms with Crippen LogP contribution in [0.4, 0.5) is 13.2 Å². The number of hydrazine groups is 1. The van der Waals surface area contributed by atoms with Gasteiger partial charge in [-0.1, -0.05) is 0 Å². The molecule has 1 aromatic rings. The predicted molar refractivity (Wildman–Crippen MR) is 59.9 cm³/mol. The molecule has 0 saturated carbocycles. The maximum atomic E-state index is 13.2. The molecule has 3 N–H and O–H groups in total. The molecule has 0 aliphatic carbocycles. The van der Waals surface area contributed by atoms with Crippen molar-refractivity contribution in [3.05, 3.63) is 35.1 Å². The Morgan fingerprint density at radius 3 is 2.22 bits per heavy atom. The zero-order valence-electron chi connectivity index (χ0n) is 9.76. The van der Waals surface area contributed by atoms with Gasteiger partial charge < -0.3 is 4.74 Å². The van der Waals surface area contributed by atoms with Gasteiger partial charge in [-0.15, -0.1) is 0 Å². The van der Waals surface area contributed by atoms with E-state index in [1.807, 2.05) is 0 Å². The van der Waals surface area contributed by atoms with Crippen molar-refractivity contribution >= 4 is 0 Å². The highest BCUT2D eigenvalue weighted by Gasteiger charge is 2.26. The summed E-state index contributed by atoms with van der Waals surface area (Å²) >= 11 is 0. The Labute approximate surface area is 103 Å². The topological polar surface area (TPSA) is 47.3 Å². The Hall–Kier alpha value is -1.11. The lowest BCUT2D eigenvalue weighted by atomic mass is 9.87. The van der Waals surface area contributed by atoms with Crippen molar-refractivity contribution < 1.29 is 17.9 Å². The molecule has 1 unspecified atom stereocenters. The molecular formula is C12H15F3N2O. The third kappa shape index (κ3) is 2.66. The quantitative estimate of drug-likeness (QED) is 0.496. The summed E-state index contributed by atoms with van der Waals surface area (Å²) in [5.41, 5.74) is 2.87. The van der Waals surface area contributed by atoms with Crippen molar-refractivity contribution in [3.8, 4) is 0 Å². The highest BCUT2D eigenvalue weighted by atomic mass is 19.2. The second kappa shape index (κ2) is 5.69. The van der Waals surface area contributed by atoms with Crippen molar-refractivity contribution in [3.63, 3.8) is 0 Å². The minimum atomic E-state index is -1.46. The molecule has 1 aromatic carbocycles. The van der Waals surface area contributed by atoms with Crippen LogP contribution in [0.3, 0.4) is 0 Å². The van der Waals surface area contributed by atoms with Crippen LogP contribution < -0.4 is 11.3 Å². The normalized spacial score (nSPS) is 18.9. The highest BCUT2D eigenvalue weighted by Crippen LogP contribution is 2.30. The van der Waals surface area contributed by atoms with Crippen molar-refractivity contribution in [2.75, 3.05) is 13.2 Å². The largest absolute Gasteiger partial charge is 0.381 e. The molecule has 1 atom stereocenters. The van der Waals surface area contributed by atoms with E-state index in [0.29, 0.717) is 18.8 Å². The SMILES string of the molecule is NNC(c1cc(F)c(F)c(F)c1)C1CCOCC1. The molecule has 0 amide bonds. The first-order chi connectivity index (χ1) is 8.63. The van der Waals surface area contributed by atoms with Gasteiger partial charge in [0, 0.05) is 19.3 Å². The smallest absolute Gasteiger partial charge is 0.194 e. The Bertz CT molecular complexity index is 399. The van der Waals surface area contributed by atoms with Gasteiger partial charge >= 0.3 is 0 Å². The third-order valence-electron chi connectivity index (χ3n) is 3.28. The summed E-state index contributed by atoms with van der Waals surface area (Å²) in [6.45, 7) is 1.18. The van der Waals surface area contributed by atoms with Gasteiger partial charge in [0.1, 0.15) is 0 Å². The average Bonchev–Trinajstić information content (AvgIpc) is 2.38. The van der Waals surface area contributed by atoms with Crippen molar-refractivity contribution in [2.24, 2.45) is 11.8 Å². The van der Waals surface area contributed by atoms with E-state index in [4.69, 9.17) is 10.6 Å². The van der Waals surface area contributed by atoms with Crippen molar-refractivity contribution in [1.82, 2.24) is 5.43 Å². The first-order valence-corrected chi connectivity index (χ1v) is 5.81. The fourth-order valence-electron chi connectivity index (χ4n) is 2.31.